The minimum absolute atomic E-state index is 0.0143. The number of anilines is 1. The smallest absolute Gasteiger partial charge is 0.223 e. The number of aliphatic hydroxyl groups is 1. The molecule has 4 atom stereocenters. The van der Waals surface area contributed by atoms with Crippen molar-refractivity contribution in [3.63, 3.8) is 0 Å². The van der Waals surface area contributed by atoms with Crippen molar-refractivity contribution in [2.45, 2.75) is 77.4 Å². The van der Waals surface area contributed by atoms with Crippen LogP contribution in [0.25, 0.3) is 22.2 Å². The average Bonchev–Trinajstić information content (AvgIpc) is 3.20. The number of hydrogen-bond acceptors (Lipinski definition) is 6. The van der Waals surface area contributed by atoms with Crippen LogP contribution in [0.3, 0.4) is 0 Å². The van der Waals surface area contributed by atoms with E-state index in [4.69, 9.17) is 4.74 Å². The third-order valence-corrected chi connectivity index (χ3v) is 7.05. The molecule has 2 aliphatic rings. The lowest BCUT2D eigenvalue weighted by atomic mass is 10.0. The number of aliphatic hydroxyl groups excluding tert-OH is 1. The van der Waals surface area contributed by atoms with Gasteiger partial charge in [0.1, 0.15) is 11.8 Å². The highest BCUT2D eigenvalue weighted by Gasteiger charge is 2.42. The van der Waals surface area contributed by atoms with Crippen molar-refractivity contribution in [1.82, 2.24) is 14.5 Å². The van der Waals surface area contributed by atoms with Crippen molar-refractivity contribution in [3.8, 4) is 11.3 Å². The molecule has 2 N–H and O–H groups in total. The molecule has 7 nitrogen and oxygen atoms in total. The quantitative estimate of drug-likeness (QED) is 0.624. The molecule has 33 heavy (non-hydrogen) atoms. The molecule has 0 saturated carbocycles. The zero-order chi connectivity index (χ0) is 23.4. The summed E-state index contributed by atoms with van der Waals surface area (Å²) in [5, 5.41) is 14.4. The Balaban J connectivity index is 1.55. The molecular weight excluding hydrogens is 423 g/mol. The average molecular weight is 453 g/mol. The van der Waals surface area contributed by atoms with Gasteiger partial charge in [0.25, 0.3) is 0 Å². The molecule has 3 unspecified atom stereocenters. The van der Waals surface area contributed by atoms with E-state index in [9.17, 15) is 14.3 Å². The number of rotatable bonds is 4. The Bertz CT molecular complexity index is 1290. The normalized spacial score (nSPS) is 24.6. The molecule has 5 rings (SSSR count). The van der Waals surface area contributed by atoms with E-state index in [0.717, 1.165) is 30.2 Å². The van der Waals surface area contributed by atoms with Gasteiger partial charge in [-0.15, -0.1) is 0 Å². The summed E-state index contributed by atoms with van der Waals surface area (Å²) in [4.78, 5) is 21.4. The first kappa shape index (κ1) is 22.0. The van der Waals surface area contributed by atoms with Gasteiger partial charge in [-0.25, -0.2) is 14.4 Å². The van der Waals surface area contributed by atoms with Crippen molar-refractivity contribution in [1.29, 1.82) is 0 Å². The lowest BCUT2D eigenvalue weighted by Crippen LogP contribution is -2.47. The molecule has 2 saturated heterocycles. The van der Waals surface area contributed by atoms with Crippen LogP contribution in [0.15, 0.2) is 29.2 Å². The van der Waals surface area contributed by atoms with Crippen LogP contribution in [0, 0.1) is 19.7 Å². The maximum Gasteiger partial charge on any atom is 0.223 e. The molecule has 4 heterocycles. The zero-order valence-electron chi connectivity index (χ0n) is 19.3. The molecule has 0 spiro atoms. The topological polar surface area (TPSA) is 89.3 Å². The van der Waals surface area contributed by atoms with Crippen molar-refractivity contribution in [2.75, 3.05) is 5.32 Å². The lowest BCUT2D eigenvalue weighted by molar-refractivity contribution is -0.0811. The van der Waals surface area contributed by atoms with Crippen LogP contribution in [0.1, 0.15) is 50.4 Å². The summed E-state index contributed by atoms with van der Waals surface area (Å²) in [7, 11) is 0. The minimum Gasteiger partial charge on any atom is -0.388 e. The molecule has 0 amide bonds. The van der Waals surface area contributed by atoms with Crippen LogP contribution < -0.4 is 10.7 Å². The molecule has 2 aliphatic heterocycles. The maximum atomic E-state index is 14.8. The third-order valence-electron chi connectivity index (χ3n) is 7.05. The van der Waals surface area contributed by atoms with E-state index in [-0.39, 0.29) is 41.4 Å². The second-order valence-corrected chi connectivity index (χ2v) is 9.48. The number of ether oxygens (including phenoxy) is 1. The highest BCUT2D eigenvalue weighted by Crippen LogP contribution is 2.34. The van der Waals surface area contributed by atoms with E-state index < -0.39 is 11.9 Å². The Morgan fingerprint density at radius 3 is 2.82 bits per heavy atom. The van der Waals surface area contributed by atoms with Gasteiger partial charge in [0.2, 0.25) is 5.95 Å². The maximum absolute atomic E-state index is 14.8. The summed E-state index contributed by atoms with van der Waals surface area (Å²) in [6.07, 6.45) is 2.86. The molecule has 0 radical (unpaired) electrons. The minimum atomic E-state index is -0.659. The number of hydrogen-bond donors (Lipinski definition) is 2. The monoisotopic (exact) mass is 452 g/mol. The number of nitrogens with zero attached hydrogens (tertiary/aromatic N) is 3. The van der Waals surface area contributed by atoms with E-state index in [1.165, 1.54) is 0 Å². The summed E-state index contributed by atoms with van der Waals surface area (Å²) >= 11 is 0. The Morgan fingerprint density at radius 2 is 2.06 bits per heavy atom. The van der Waals surface area contributed by atoms with Gasteiger partial charge in [0.05, 0.1) is 30.0 Å². The predicted octanol–water partition coefficient (Wildman–Crippen LogP) is 3.89. The fraction of sp³-hybridized carbons (Fsp3) is 0.480. The Morgan fingerprint density at radius 1 is 1.27 bits per heavy atom. The molecule has 174 valence electrons. The van der Waals surface area contributed by atoms with Gasteiger partial charge in [-0.2, -0.15) is 0 Å². The summed E-state index contributed by atoms with van der Waals surface area (Å²) in [6, 6.07) is 5.17. The molecule has 2 aromatic heterocycles. The second-order valence-electron chi connectivity index (χ2n) is 9.48. The summed E-state index contributed by atoms with van der Waals surface area (Å²) in [6.45, 7) is 7.89. The largest absolute Gasteiger partial charge is 0.388 e. The third kappa shape index (κ3) is 3.71. The Hall–Kier alpha value is -2.84. The van der Waals surface area contributed by atoms with E-state index in [1.807, 2.05) is 19.9 Å². The molecule has 0 aliphatic carbocycles. The van der Waals surface area contributed by atoms with Crippen molar-refractivity contribution < 1.29 is 14.2 Å². The highest BCUT2D eigenvalue weighted by molar-refractivity contribution is 5.85. The van der Waals surface area contributed by atoms with Crippen LogP contribution >= 0.6 is 0 Å². The molecular formula is C25H29FN4O3. The predicted molar refractivity (Wildman–Crippen MR) is 125 cm³/mol. The van der Waals surface area contributed by atoms with Gasteiger partial charge in [0.15, 0.2) is 11.2 Å². The zero-order valence-corrected chi connectivity index (χ0v) is 19.3. The van der Waals surface area contributed by atoms with Gasteiger partial charge < -0.3 is 19.7 Å². The molecule has 8 heteroatoms. The van der Waals surface area contributed by atoms with E-state index in [1.54, 1.807) is 12.1 Å². The fourth-order valence-electron chi connectivity index (χ4n) is 5.25. The van der Waals surface area contributed by atoms with E-state index in [0.29, 0.717) is 22.9 Å². The number of benzene rings is 1. The van der Waals surface area contributed by atoms with Gasteiger partial charge in [-0.05, 0) is 59.1 Å². The Labute approximate surface area is 191 Å². The van der Waals surface area contributed by atoms with E-state index >= 15 is 0 Å². The fourth-order valence-corrected chi connectivity index (χ4v) is 5.25. The van der Waals surface area contributed by atoms with Gasteiger partial charge in [-0.3, -0.25) is 4.79 Å². The first-order chi connectivity index (χ1) is 15.7. The summed E-state index contributed by atoms with van der Waals surface area (Å²) in [5.41, 5.74) is 3.06. The molecule has 2 fully saturated rings. The van der Waals surface area contributed by atoms with Crippen LogP contribution in [0.2, 0.25) is 0 Å². The molecule has 1 aromatic carbocycles. The number of aromatic nitrogens is 3. The van der Waals surface area contributed by atoms with Crippen molar-refractivity contribution in [3.05, 3.63) is 51.7 Å². The van der Waals surface area contributed by atoms with Crippen molar-refractivity contribution in [2.24, 2.45) is 0 Å². The highest BCUT2D eigenvalue weighted by atomic mass is 19.1. The SMILES string of the molecule is Cc1c(C)n(C(C)C)c2cc(-c3nc(NC4CC5CCC(O5)[C@@H]4O)ncc3F)ccc2c1=O. The number of nitrogens with one attached hydrogen (secondary N) is 1. The number of pyridine rings is 1. The van der Waals surface area contributed by atoms with E-state index in [2.05, 4.69) is 33.7 Å². The molecule has 3 aromatic rings. The van der Waals surface area contributed by atoms with Gasteiger partial charge in [-0.1, -0.05) is 6.07 Å². The first-order valence-electron chi connectivity index (χ1n) is 11.5. The van der Waals surface area contributed by atoms with Gasteiger partial charge in [0, 0.05) is 28.2 Å². The van der Waals surface area contributed by atoms with Crippen LogP contribution in [0.5, 0.6) is 0 Å². The number of halogens is 1. The first-order valence-corrected chi connectivity index (χ1v) is 11.5. The second kappa shape index (κ2) is 8.18. The van der Waals surface area contributed by atoms with Gasteiger partial charge >= 0.3 is 0 Å². The van der Waals surface area contributed by atoms with Crippen LogP contribution in [-0.4, -0.2) is 44.0 Å². The molecule has 2 bridgehead atoms. The van der Waals surface area contributed by atoms with Crippen molar-refractivity contribution >= 4 is 16.9 Å². The summed E-state index contributed by atoms with van der Waals surface area (Å²) < 4.78 is 22.7. The standard InChI is InChI=1S/C25H29FN4O3/c1-12(2)30-14(4)13(3)23(31)17-7-5-15(9-20(17)30)22-18(26)11-27-25(29-22)28-19-10-16-6-8-21(33-16)24(19)32/h5,7,9,11-12,16,19,21,24,32H,6,8,10H2,1-4H3,(H,27,28,29)/t16?,19?,21?,24-/m1/s1. The Kier molecular flexibility index (Phi) is 5.45. The summed E-state index contributed by atoms with van der Waals surface area (Å²) in [5.74, 6) is -0.284. The van der Waals surface area contributed by atoms with Crippen LogP contribution in [-0.2, 0) is 4.74 Å². The lowest BCUT2D eigenvalue weighted by Gasteiger charge is -2.33. The van der Waals surface area contributed by atoms with Crippen LogP contribution in [0.4, 0.5) is 10.3 Å². The number of fused-ring (bicyclic) bond motifs is 3.